The van der Waals surface area contributed by atoms with Crippen LogP contribution in [0.15, 0.2) is 65.1 Å². The Balaban J connectivity index is 1.50. The first kappa shape index (κ1) is 20.5. The number of halogens is 3. The zero-order chi connectivity index (χ0) is 21.3. The van der Waals surface area contributed by atoms with Crippen LogP contribution in [-0.4, -0.2) is 17.0 Å². The molecule has 0 spiro atoms. The van der Waals surface area contributed by atoms with Crippen molar-refractivity contribution in [2.45, 2.75) is 13.0 Å². The molecule has 0 saturated carbocycles. The second-order valence-electron chi connectivity index (χ2n) is 6.51. The van der Waals surface area contributed by atoms with Gasteiger partial charge in [0, 0.05) is 16.8 Å². The Morgan fingerprint density at radius 1 is 1.03 bits per heavy atom. The van der Waals surface area contributed by atoms with Crippen molar-refractivity contribution in [1.82, 2.24) is 4.98 Å². The Kier molecular flexibility index (Phi) is 5.86. The van der Waals surface area contributed by atoms with E-state index in [-0.39, 0.29) is 5.91 Å². The van der Waals surface area contributed by atoms with Crippen LogP contribution >= 0.6 is 34.8 Å². The monoisotopic (exact) mass is 460 g/mol. The van der Waals surface area contributed by atoms with Gasteiger partial charge < -0.3 is 14.5 Å². The fraction of sp³-hybridized carbons (Fsp3) is 0.0909. The van der Waals surface area contributed by atoms with Crippen LogP contribution in [-0.2, 0) is 4.79 Å². The number of ether oxygens (including phenoxy) is 1. The molecule has 1 N–H and O–H groups in total. The van der Waals surface area contributed by atoms with E-state index in [1.807, 2.05) is 18.2 Å². The molecule has 8 heteroatoms. The fourth-order valence-electron chi connectivity index (χ4n) is 2.81. The molecule has 0 aliphatic carbocycles. The zero-order valence-electron chi connectivity index (χ0n) is 15.7. The highest BCUT2D eigenvalue weighted by atomic mass is 35.5. The Morgan fingerprint density at radius 3 is 2.60 bits per heavy atom. The number of benzene rings is 3. The van der Waals surface area contributed by atoms with Crippen LogP contribution < -0.4 is 10.1 Å². The van der Waals surface area contributed by atoms with E-state index in [4.69, 9.17) is 44.0 Å². The van der Waals surface area contributed by atoms with Gasteiger partial charge in [0.15, 0.2) is 11.7 Å². The Labute approximate surface area is 187 Å². The van der Waals surface area contributed by atoms with Gasteiger partial charge in [0.05, 0.1) is 15.6 Å². The molecule has 0 aliphatic heterocycles. The molecule has 30 heavy (non-hydrogen) atoms. The van der Waals surface area contributed by atoms with E-state index in [9.17, 15) is 4.79 Å². The van der Waals surface area contributed by atoms with E-state index in [0.717, 1.165) is 0 Å². The minimum absolute atomic E-state index is 0.331. The maximum absolute atomic E-state index is 12.5. The third kappa shape index (κ3) is 4.38. The highest BCUT2D eigenvalue weighted by molar-refractivity contribution is 6.35. The summed E-state index contributed by atoms with van der Waals surface area (Å²) >= 11 is 18.2. The average molecular weight is 462 g/mol. The fourth-order valence-corrected chi connectivity index (χ4v) is 3.48. The van der Waals surface area contributed by atoms with Gasteiger partial charge in [0.25, 0.3) is 5.91 Å². The molecule has 1 amide bonds. The van der Waals surface area contributed by atoms with Crippen molar-refractivity contribution in [3.63, 3.8) is 0 Å². The highest BCUT2D eigenvalue weighted by Gasteiger charge is 2.18. The molecule has 1 heterocycles. The van der Waals surface area contributed by atoms with Crippen LogP contribution in [0.3, 0.4) is 0 Å². The summed E-state index contributed by atoms with van der Waals surface area (Å²) in [5.74, 6) is 0.443. The molecular formula is C22H15Cl3N2O3. The molecular weight excluding hydrogens is 447 g/mol. The van der Waals surface area contributed by atoms with Gasteiger partial charge in [0.2, 0.25) is 5.89 Å². The van der Waals surface area contributed by atoms with Crippen LogP contribution in [0.25, 0.3) is 22.6 Å². The number of aromatic nitrogens is 1. The van der Waals surface area contributed by atoms with Crippen molar-refractivity contribution >= 4 is 57.5 Å². The summed E-state index contributed by atoms with van der Waals surface area (Å²) in [6.45, 7) is 1.63. The number of oxazole rings is 1. The number of amides is 1. The van der Waals surface area contributed by atoms with Crippen molar-refractivity contribution in [3.8, 4) is 17.2 Å². The van der Waals surface area contributed by atoms with Crippen molar-refractivity contribution in [3.05, 3.63) is 75.7 Å². The standard InChI is InChI=1S/C22H15Cl3N2O3/c1-12(29-19-9-6-13(23)10-17(19)25)21(28)26-14-7-8-18-20(11-14)30-22(27-18)15-4-2-3-5-16(15)24/h2-12H,1H3,(H,26,28). The van der Waals surface area contributed by atoms with Crippen molar-refractivity contribution in [1.29, 1.82) is 0 Å². The Morgan fingerprint density at radius 2 is 1.83 bits per heavy atom. The van der Waals surface area contributed by atoms with Gasteiger partial charge in [-0.25, -0.2) is 4.98 Å². The maximum Gasteiger partial charge on any atom is 0.265 e. The number of nitrogens with zero attached hydrogens (tertiary/aromatic N) is 1. The Bertz CT molecular complexity index is 1240. The minimum Gasteiger partial charge on any atom is -0.479 e. The maximum atomic E-state index is 12.5. The SMILES string of the molecule is CC(Oc1ccc(Cl)cc1Cl)C(=O)Nc1ccc2nc(-c3ccccc3Cl)oc2c1. The van der Waals surface area contributed by atoms with E-state index < -0.39 is 6.10 Å². The van der Waals surface area contributed by atoms with Crippen LogP contribution in [0.2, 0.25) is 15.1 Å². The van der Waals surface area contributed by atoms with Gasteiger partial charge in [-0.1, -0.05) is 46.9 Å². The summed E-state index contributed by atoms with van der Waals surface area (Å²) < 4.78 is 11.5. The summed E-state index contributed by atoms with van der Waals surface area (Å²) in [4.78, 5) is 17.0. The highest BCUT2D eigenvalue weighted by Crippen LogP contribution is 2.31. The quantitative estimate of drug-likeness (QED) is 0.352. The van der Waals surface area contributed by atoms with E-state index >= 15 is 0 Å². The second kappa shape index (κ2) is 8.56. The van der Waals surface area contributed by atoms with E-state index in [0.29, 0.717) is 49.1 Å². The molecule has 0 radical (unpaired) electrons. The predicted octanol–water partition coefficient (Wildman–Crippen LogP) is 6.86. The number of hydrogen-bond acceptors (Lipinski definition) is 4. The minimum atomic E-state index is -0.784. The van der Waals surface area contributed by atoms with Crippen LogP contribution in [0.5, 0.6) is 5.75 Å². The largest absolute Gasteiger partial charge is 0.479 e. The zero-order valence-corrected chi connectivity index (χ0v) is 17.9. The van der Waals surface area contributed by atoms with Crippen LogP contribution in [0.1, 0.15) is 6.92 Å². The summed E-state index contributed by atoms with van der Waals surface area (Å²) in [5, 5.41) is 4.16. The average Bonchev–Trinajstić information content (AvgIpc) is 3.13. The number of nitrogens with one attached hydrogen (secondary N) is 1. The predicted molar refractivity (Wildman–Crippen MR) is 120 cm³/mol. The lowest BCUT2D eigenvalue weighted by Gasteiger charge is -2.15. The lowest BCUT2D eigenvalue weighted by molar-refractivity contribution is -0.122. The Hall–Kier alpha value is -2.73. The summed E-state index contributed by atoms with van der Waals surface area (Å²) in [5.41, 5.74) is 2.42. The number of fused-ring (bicyclic) bond motifs is 1. The van der Waals surface area contributed by atoms with Gasteiger partial charge >= 0.3 is 0 Å². The van der Waals surface area contributed by atoms with E-state index in [1.54, 1.807) is 49.4 Å². The second-order valence-corrected chi connectivity index (χ2v) is 7.76. The number of hydrogen-bond donors (Lipinski definition) is 1. The first-order valence-corrected chi connectivity index (χ1v) is 10.1. The van der Waals surface area contributed by atoms with Gasteiger partial charge in [0.1, 0.15) is 11.3 Å². The smallest absolute Gasteiger partial charge is 0.265 e. The topological polar surface area (TPSA) is 64.4 Å². The van der Waals surface area contributed by atoms with Gasteiger partial charge in [-0.05, 0) is 49.4 Å². The summed E-state index contributed by atoms with van der Waals surface area (Å²) in [7, 11) is 0. The number of carbonyl (C=O) groups is 1. The van der Waals surface area contributed by atoms with E-state index in [2.05, 4.69) is 10.3 Å². The summed E-state index contributed by atoms with van der Waals surface area (Å²) in [6, 6.07) is 17.3. The molecule has 0 saturated heterocycles. The molecule has 0 bridgehead atoms. The van der Waals surface area contributed by atoms with Crippen molar-refractivity contribution in [2.24, 2.45) is 0 Å². The molecule has 4 aromatic rings. The van der Waals surface area contributed by atoms with E-state index in [1.165, 1.54) is 0 Å². The molecule has 1 unspecified atom stereocenters. The molecule has 5 nitrogen and oxygen atoms in total. The van der Waals surface area contributed by atoms with Gasteiger partial charge in [-0.2, -0.15) is 0 Å². The van der Waals surface area contributed by atoms with Crippen molar-refractivity contribution in [2.75, 3.05) is 5.32 Å². The number of rotatable bonds is 5. The molecule has 3 aromatic carbocycles. The normalized spacial score (nSPS) is 12.0. The van der Waals surface area contributed by atoms with Crippen LogP contribution in [0, 0.1) is 0 Å². The lowest BCUT2D eigenvalue weighted by Crippen LogP contribution is -2.30. The first-order valence-electron chi connectivity index (χ1n) is 8.99. The molecule has 1 aromatic heterocycles. The first-order chi connectivity index (χ1) is 14.4. The number of anilines is 1. The molecule has 1 atom stereocenters. The molecule has 0 fully saturated rings. The van der Waals surface area contributed by atoms with Crippen LogP contribution in [0.4, 0.5) is 5.69 Å². The van der Waals surface area contributed by atoms with Crippen molar-refractivity contribution < 1.29 is 13.9 Å². The molecule has 0 aliphatic rings. The molecule has 152 valence electrons. The van der Waals surface area contributed by atoms with Gasteiger partial charge in [-0.3, -0.25) is 4.79 Å². The van der Waals surface area contributed by atoms with Gasteiger partial charge in [-0.15, -0.1) is 0 Å². The third-order valence-corrected chi connectivity index (χ3v) is 5.19. The third-order valence-electron chi connectivity index (χ3n) is 4.33. The molecule has 4 rings (SSSR count). The lowest BCUT2D eigenvalue weighted by atomic mass is 10.2. The summed E-state index contributed by atoms with van der Waals surface area (Å²) in [6.07, 6.45) is -0.784. The number of carbonyl (C=O) groups excluding carboxylic acids is 1.